The lowest BCUT2D eigenvalue weighted by Gasteiger charge is -2.06. The first kappa shape index (κ1) is 5.82. The van der Waals surface area contributed by atoms with Crippen molar-refractivity contribution in [3.63, 3.8) is 0 Å². The van der Waals surface area contributed by atoms with Gasteiger partial charge in [0.05, 0.1) is 23.8 Å². The summed E-state index contributed by atoms with van der Waals surface area (Å²) in [4.78, 5) is 12.8. The minimum absolute atomic E-state index is 0.0606. The van der Waals surface area contributed by atoms with Gasteiger partial charge in [0.25, 0.3) is 0 Å². The van der Waals surface area contributed by atoms with E-state index in [0.29, 0.717) is 6.54 Å². The van der Waals surface area contributed by atoms with Crippen LogP contribution in [0.4, 0.5) is 4.79 Å². The van der Waals surface area contributed by atoms with Crippen LogP contribution in [0.15, 0.2) is 6.20 Å². The lowest BCUT2D eigenvalue weighted by molar-refractivity contribution is 0.233. The zero-order chi connectivity index (χ0) is 8.13. The number of fused-ring (bicyclic) bond motifs is 3. The first-order valence-electron chi connectivity index (χ1n) is 3.66. The molecule has 5 nitrogen and oxygen atoms in total. The van der Waals surface area contributed by atoms with Crippen LogP contribution in [-0.2, 0) is 0 Å². The summed E-state index contributed by atoms with van der Waals surface area (Å²) in [5.41, 5.74) is 0.936. The number of H-pyrrole nitrogens is 1. The van der Waals surface area contributed by atoms with Gasteiger partial charge in [0.15, 0.2) is 0 Å². The molecule has 12 heavy (non-hydrogen) atoms. The third kappa shape index (κ3) is 0.538. The Hall–Kier alpha value is -1.78. The van der Waals surface area contributed by atoms with E-state index in [1.54, 1.807) is 17.3 Å². The van der Waals surface area contributed by atoms with Gasteiger partial charge in [-0.2, -0.15) is 5.10 Å². The Kier molecular flexibility index (Phi) is 0.818. The third-order valence-corrected chi connectivity index (χ3v) is 2.13. The maximum Gasteiger partial charge on any atom is 0.326 e. The van der Waals surface area contributed by atoms with Crippen molar-refractivity contribution in [3.05, 3.63) is 16.8 Å². The van der Waals surface area contributed by atoms with E-state index in [0.717, 1.165) is 16.3 Å². The summed E-state index contributed by atoms with van der Waals surface area (Å²) >= 11 is 0. The van der Waals surface area contributed by atoms with Crippen LogP contribution in [0.2, 0.25) is 0 Å². The van der Waals surface area contributed by atoms with Crippen molar-refractivity contribution in [1.29, 1.82) is 0 Å². The molecule has 1 saturated heterocycles. The fraction of sp³-hybridized carbons (Fsp3) is 0.143. The number of carbonyl (C=O) groups excluding carboxylic acids is 1. The molecule has 3 rings (SSSR count). The Labute approximate surface area is 67.4 Å². The smallest absolute Gasteiger partial charge is 0.309 e. The molecule has 1 aromatic rings. The van der Waals surface area contributed by atoms with Gasteiger partial charge >= 0.3 is 6.03 Å². The molecule has 2 amide bonds. The van der Waals surface area contributed by atoms with Gasteiger partial charge in [0.1, 0.15) is 0 Å². The Bertz CT molecular complexity index is 472. The van der Waals surface area contributed by atoms with Gasteiger partial charge in [-0.3, -0.25) is 10.00 Å². The minimum atomic E-state index is -0.0606. The second kappa shape index (κ2) is 1.69. The molecule has 1 aromatic heterocycles. The van der Waals surface area contributed by atoms with E-state index >= 15 is 0 Å². The third-order valence-electron chi connectivity index (χ3n) is 2.13. The van der Waals surface area contributed by atoms with Crippen molar-refractivity contribution in [2.45, 2.75) is 0 Å². The normalized spacial score (nSPS) is 18.8. The van der Waals surface area contributed by atoms with Crippen molar-refractivity contribution >= 4 is 17.9 Å². The summed E-state index contributed by atoms with van der Waals surface area (Å²) in [6.07, 6.45) is 3.50. The highest BCUT2D eigenvalue weighted by Crippen LogP contribution is 2.07. The van der Waals surface area contributed by atoms with E-state index in [9.17, 15) is 4.79 Å². The molecule has 2 bridgehead atoms. The SMILES string of the molecule is O=C1NC2=c3cn[nH]c3=CN1C2. The highest BCUT2D eigenvalue weighted by molar-refractivity contribution is 5.91. The van der Waals surface area contributed by atoms with Gasteiger partial charge < -0.3 is 5.32 Å². The lowest BCUT2D eigenvalue weighted by Crippen LogP contribution is -2.33. The fourth-order valence-corrected chi connectivity index (χ4v) is 1.53. The fourth-order valence-electron chi connectivity index (χ4n) is 1.53. The summed E-state index contributed by atoms with van der Waals surface area (Å²) in [6, 6.07) is -0.0606. The van der Waals surface area contributed by atoms with Crippen LogP contribution in [0.3, 0.4) is 0 Å². The molecule has 60 valence electrons. The number of carbonyl (C=O) groups is 1. The molecule has 0 aromatic carbocycles. The zero-order valence-corrected chi connectivity index (χ0v) is 6.16. The van der Waals surface area contributed by atoms with Crippen LogP contribution in [0.1, 0.15) is 0 Å². The second-order valence-corrected chi connectivity index (χ2v) is 2.86. The van der Waals surface area contributed by atoms with E-state index in [4.69, 9.17) is 0 Å². The summed E-state index contributed by atoms with van der Waals surface area (Å²) in [5.74, 6) is 0. The average Bonchev–Trinajstić information content (AvgIpc) is 2.60. The van der Waals surface area contributed by atoms with Crippen LogP contribution in [0.25, 0.3) is 11.9 Å². The zero-order valence-electron chi connectivity index (χ0n) is 6.16. The lowest BCUT2D eigenvalue weighted by atomic mass is 10.3. The Morgan fingerprint density at radius 3 is 3.42 bits per heavy atom. The van der Waals surface area contributed by atoms with Crippen LogP contribution in [0, 0.1) is 0 Å². The van der Waals surface area contributed by atoms with E-state index in [-0.39, 0.29) is 6.03 Å². The molecule has 0 spiro atoms. The monoisotopic (exact) mass is 162 g/mol. The van der Waals surface area contributed by atoms with Gasteiger partial charge in [-0.25, -0.2) is 4.79 Å². The molecular weight excluding hydrogens is 156 g/mol. The summed E-state index contributed by atoms with van der Waals surface area (Å²) in [6.45, 7) is 0.644. The van der Waals surface area contributed by atoms with Crippen molar-refractivity contribution in [1.82, 2.24) is 20.4 Å². The number of nitrogens with one attached hydrogen (secondary N) is 2. The molecule has 0 atom stereocenters. The van der Waals surface area contributed by atoms with E-state index in [1.807, 2.05) is 0 Å². The molecule has 0 radical (unpaired) electrons. The number of aromatic amines is 1. The molecule has 0 saturated carbocycles. The quantitative estimate of drug-likeness (QED) is 0.477. The number of hydrogen-bond acceptors (Lipinski definition) is 2. The molecule has 0 aliphatic carbocycles. The van der Waals surface area contributed by atoms with Crippen molar-refractivity contribution in [3.8, 4) is 0 Å². The Morgan fingerprint density at radius 1 is 1.58 bits per heavy atom. The van der Waals surface area contributed by atoms with Gasteiger partial charge in [-0.05, 0) is 0 Å². The first-order valence-corrected chi connectivity index (χ1v) is 3.66. The molecular formula is C7H6N4O. The Balaban J connectivity index is 2.47. The van der Waals surface area contributed by atoms with Crippen LogP contribution in [0.5, 0.6) is 0 Å². The van der Waals surface area contributed by atoms with E-state index in [2.05, 4.69) is 15.5 Å². The topological polar surface area (TPSA) is 61.0 Å². The molecule has 3 heterocycles. The average molecular weight is 162 g/mol. The Morgan fingerprint density at radius 2 is 2.50 bits per heavy atom. The van der Waals surface area contributed by atoms with Crippen molar-refractivity contribution in [2.24, 2.45) is 0 Å². The summed E-state index contributed by atoms with van der Waals surface area (Å²) in [7, 11) is 0. The maximum atomic E-state index is 11.2. The largest absolute Gasteiger partial charge is 0.326 e. The number of nitrogens with zero attached hydrogens (tertiary/aromatic N) is 2. The van der Waals surface area contributed by atoms with E-state index < -0.39 is 0 Å². The first-order chi connectivity index (χ1) is 5.84. The molecule has 5 heteroatoms. The molecule has 1 fully saturated rings. The predicted molar refractivity (Wildman–Crippen MR) is 40.9 cm³/mol. The van der Waals surface area contributed by atoms with E-state index in [1.165, 1.54) is 0 Å². The summed E-state index contributed by atoms with van der Waals surface area (Å²) in [5, 5.41) is 11.4. The number of urea groups is 1. The standard InChI is InChI=1S/C7H6N4O/c12-7-9-5-2-11(7)3-6-4(5)1-8-10-6/h1,3,10H,2H2,(H,9,12). The molecule has 0 unspecified atom stereocenters. The van der Waals surface area contributed by atoms with Crippen molar-refractivity contribution < 1.29 is 4.79 Å². The second-order valence-electron chi connectivity index (χ2n) is 2.86. The number of rotatable bonds is 0. The van der Waals surface area contributed by atoms with Crippen LogP contribution >= 0.6 is 0 Å². The molecule has 2 aliphatic heterocycles. The van der Waals surface area contributed by atoms with Gasteiger partial charge in [-0.15, -0.1) is 0 Å². The van der Waals surface area contributed by atoms with Gasteiger partial charge in [0, 0.05) is 11.4 Å². The highest BCUT2D eigenvalue weighted by Gasteiger charge is 2.25. The maximum absolute atomic E-state index is 11.2. The highest BCUT2D eigenvalue weighted by atomic mass is 16.2. The van der Waals surface area contributed by atoms with Crippen LogP contribution < -0.4 is 15.9 Å². The summed E-state index contributed by atoms with van der Waals surface area (Å²) < 4.78 is 0. The molecule has 2 aliphatic rings. The van der Waals surface area contributed by atoms with Gasteiger partial charge in [-0.1, -0.05) is 0 Å². The number of aromatic nitrogens is 2. The van der Waals surface area contributed by atoms with Gasteiger partial charge in [0.2, 0.25) is 0 Å². The minimum Gasteiger partial charge on any atom is -0.309 e. The van der Waals surface area contributed by atoms with Crippen molar-refractivity contribution in [2.75, 3.05) is 6.54 Å². The number of hydrogen-bond donors (Lipinski definition) is 2. The molecule has 2 N–H and O–H groups in total. The van der Waals surface area contributed by atoms with Crippen LogP contribution in [-0.4, -0.2) is 27.7 Å². The predicted octanol–water partition coefficient (Wildman–Crippen LogP) is -1.71. The number of amides is 2.